The number of carbonyl (C=O) groups excluding carboxylic acids is 1. The molecule has 4 nitrogen and oxygen atoms in total. The van der Waals surface area contributed by atoms with Crippen molar-refractivity contribution in [3.63, 3.8) is 0 Å². The highest BCUT2D eigenvalue weighted by Gasteiger charge is 2.16. The molecule has 132 valence electrons. The van der Waals surface area contributed by atoms with E-state index in [2.05, 4.69) is 23.1 Å². The Morgan fingerprint density at radius 1 is 1.31 bits per heavy atom. The van der Waals surface area contributed by atoms with Crippen molar-refractivity contribution in [3.05, 3.63) is 84.2 Å². The van der Waals surface area contributed by atoms with Gasteiger partial charge in [0.15, 0.2) is 5.78 Å². The number of benzene rings is 1. The lowest BCUT2D eigenvalue weighted by atomic mass is 9.95. The van der Waals surface area contributed by atoms with Gasteiger partial charge in [-0.3, -0.25) is 9.79 Å². The minimum absolute atomic E-state index is 0.167. The van der Waals surface area contributed by atoms with E-state index >= 15 is 0 Å². The first kappa shape index (κ1) is 19.1. The number of aromatic nitrogens is 1. The largest absolute Gasteiger partial charge is 0.383 e. The van der Waals surface area contributed by atoms with Gasteiger partial charge < -0.3 is 5.73 Å². The van der Waals surface area contributed by atoms with E-state index in [1.165, 1.54) is 6.20 Å². The minimum atomic E-state index is -0.167. The molecule has 1 aromatic carbocycles. The number of anilines is 1. The number of rotatable bonds is 7. The Hall–Kier alpha value is -3.27. The number of aliphatic imine (C=N–C) groups is 1. The van der Waals surface area contributed by atoms with Crippen LogP contribution in [0.5, 0.6) is 0 Å². The summed E-state index contributed by atoms with van der Waals surface area (Å²) in [7, 11) is 0. The van der Waals surface area contributed by atoms with Crippen molar-refractivity contribution in [3.8, 4) is 0 Å². The molecule has 0 unspecified atom stereocenters. The van der Waals surface area contributed by atoms with Crippen LogP contribution in [0.1, 0.15) is 40.4 Å². The molecule has 0 aliphatic carbocycles. The minimum Gasteiger partial charge on any atom is -0.383 e. The Morgan fingerprint density at radius 3 is 2.73 bits per heavy atom. The summed E-state index contributed by atoms with van der Waals surface area (Å²) in [5.74, 6) is 0.108. The van der Waals surface area contributed by atoms with Crippen molar-refractivity contribution < 1.29 is 4.79 Å². The van der Waals surface area contributed by atoms with Crippen LogP contribution in [0, 0.1) is 6.92 Å². The molecule has 0 saturated carbocycles. The Labute approximate surface area is 154 Å². The van der Waals surface area contributed by atoms with Gasteiger partial charge in [0, 0.05) is 40.9 Å². The maximum atomic E-state index is 12.8. The summed E-state index contributed by atoms with van der Waals surface area (Å²) in [6.45, 7) is 11.5. The van der Waals surface area contributed by atoms with Crippen molar-refractivity contribution >= 4 is 29.0 Å². The molecular weight excluding hydrogens is 322 g/mol. The number of allylic oxidation sites excluding steroid dienone is 3. The van der Waals surface area contributed by atoms with Crippen LogP contribution in [-0.2, 0) is 0 Å². The maximum Gasteiger partial charge on any atom is 0.193 e. The van der Waals surface area contributed by atoms with Crippen molar-refractivity contribution in [1.82, 2.24) is 4.98 Å². The van der Waals surface area contributed by atoms with Crippen molar-refractivity contribution in [2.75, 3.05) is 5.73 Å². The van der Waals surface area contributed by atoms with Gasteiger partial charge in [-0.25, -0.2) is 4.98 Å². The summed E-state index contributed by atoms with van der Waals surface area (Å²) in [5, 5.41) is 0. The third-order valence-corrected chi connectivity index (χ3v) is 3.87. The standard InChI is InChI=1S/C22H23N3O/c1-5-8-18(13-24-6-2)19-12-20(22(23)25-14-19)16(4)21(26)17-10-7-9-15(3)11-17/h6-14H,2,4-5H2,1,3H3,(H2,23,25)/b18-8+,24-13?. The zero-order chi connectivity index (χ0) is 19.1. The summed E-state index contributed by atoms with van der Waals surface area (Å²) in [6.07, 6.45) is 7.70. The average Bonchev–Trinajstić information content (AvgIpc) is 2.64. The molecule has 0 amide bonds. The van der Waals surface area contributed by atoms with Gasteiger partial charge in [-0.1, -0.05) is 49.9 Å². The Bertz CT molecular complexity index is 907. The van der Waals surface area contributed by atoms with E-state index in [-0.39, 0.29) is 11.6 Å². The van der Waals surface area contributed by atoms with Gasteiger partial charge in [-0.05, 0) is 31.1 Å². The molecule has 0 spiro atoms. The number of hydrogen-bond acceptors (Lipinski definition) is 4. The first-order valence-electron chi connectivity index (χ1n) is 8.38. The third kappa shape index (κ3) is 4.42. The van der Waals surface area contributed by atoms with E-state index in [1.54, 1.807) is 18.5 Å². The molecular formula is C22H23N3O. The highest BCUT2D eigenvalue weighted by molar-refractivity contribution is 6.29. The van der Waals surface area contributed by atoms with Crippen LogP contribution in [0.3, 0.4) is 0 Å². The van der Waals surface area contributed by atoms with Gasteiger partial charge >= 0.3 is 0 Å². The molecule has 0 bridgehead atoms. The second-order valence-electron chi connectivity index (χ2n) is 5.86. The molecule has 1 aromatic heterocycles. The molecule has 0 aliphatic rings. The number of nitrogens with two attached hydrogens (primary N) is 1. The van der Waals surface area contributed by atoms with E-state index in [4.69, 9.17) is 5.73 Å². The first-order valence-corrected chi connectivity index (χ1v) is 8.38. The van der Waals surface area contributed by atoms with E-state index in [9.17, 15) is 4.79 Å². The van der Waals surface area contributed by atoms with Gasteiger partial charge in [0.2, 0.25) is 0 Å². The van der Waals surface area contributed by atoms with Crippen LogP contribution in [0.25, 0.3) is 11.1 Å². The Kier molecular flexibility index (Phi) is 6.39. The smallest absolute Gasteiger partial charge is 0.193 e. The highest BCUT2D eigenvalue weighted by Crippen LogP contribution is 2.26. The fraction of sp³-hybridized carbons (Fsp3) is 0.136. The van der Waals surface area contributed by atoms with Crippen LogP contribution < -0.4 is 5.73 Å². The molecule has 0 aliphatic heterocycles. The zero-order valence-corrected chi connectivity index (χ0v) is 15.2. The lowest BCUT2D eigenvalue weighted by molar-refractivity contribution is 0.105. The summed E-state index contributed by atoms with van der Waals surface area (Å²) in [5.41, 5.74) is 10.2. The predicted molar refractivity (Wildman–Crippen MR) is 110 cm³/mol. The van der Waals surface area contributed by atoms with Crippen LogP contribution >= 0.6 is 0 Å². The number of ketones is 1. The lowest BCUT2D eigenvalue weighted by Gasteiger charge is -2.11. The Morgan fingerprint density at radius 2 is 2.08 bits per heavy atom. The number of carbonyl (C=O) groups is 1. The summed E-state index contributed by atoms with van der Waals surface area (Å²) in [4.78, 5) is 21.1. The van der Waals surface area contributed by atoms with E-state index in [0.29, 0.717) is 16.7 Å². The van der Waals surface area contributed by atoms with Gasteiger partial charge in [0.1, 0.15) is 5.82 Å². The summed E-state index contributed by atoms with van der Waals surface area (Å²) in [6, 6.07) is 9.22. The molecule has 0 atom stereocenters. The van der Waals surface area contributed by atoms with E-state index in [1.807, 2.05) is 44.2 Å². The average molecular weight is 345 g/mol. The maximum absolute atomic E-state index is 12.8. The molecule has 26 heavy (non-hydrogen) atoms. The quantitative estimate of drug-likeness (QED) is 0.442. The van der Waals surface area contributed by atoms with Crippen LogP contribution in [0.15, 0.2) is 67.0 Å². The second-order valence-corrected chi connectivity index (χ2v) is 5.86. The summed E-state index contributed by atoms with van der Waals surface area (Å²) < 4.78 is 0. The van der Waals surface area contributed by atoms with Crippen molar-refractivity contribution in [2.45, 2.75) is 20.3 Å². The molecule has 0 fully saturated rings. The van der Waals surface area contributed by atoms with E-state index < -0.39 is 0 Å². The predicted octanol–water partition coefficient (Wildman–Crippen LogP) is 4.88. The molecule has 0 radical (unpaired) electrons. The van der Waals surface area contributed by atoms with E-state index in [0.717, 1.165) is 23.1 Å². The number of Topliss-reactive ketones (excluding diaryl/α,β-unsaturated/α-hetero) is 1. The van der Waals surface area contributed by atoms with Crippen LogP contribution in [-0.4, -0.2) is 17.0 Å². The lowest BCUT2D eigenvalue weighted by Crippen LogP contribution is -2.06. The molecule has 2 rings (SSSR count). The molecule has 1 heterocycles. The molecule has 0 saturated heterocycles. The number of aryl methyl sites for hydroxylation is 1. The van der Waals surface area contributed by atoms with Gasteiger partial charge in [0.25, 0.3) is 0 Å². The topological polar surface area (TPSA) is 68.3 Å². The first-order chi connectivity index (χ1) is 12.5. The van der Waals surface area contributed by atoms with Gasteiger partial charge in [-0.15, -0.1) is 0 Å². The number of nitrogen functional groups attached to an aromatic ring is 1. The zero-order valence-electron chi connectivity index (χ0n) is 15.2. The molecule has 2 aromatic rings. The second kappa shape index (κ2) is 8.72. The number of hydrogen-bond donors (Lipinski definition) is 1. The van der Waals surface area contributed by atoms with Crippen molar-refractivity contribution in [1.29, 1.82) is 0 Å². The van der Waals surface area contributed by atoms with Gasteiger partial charge in [0.05, 0.1) is 0 Å². The van der Waals surface area contributed by atoms with Gasteiger partial charge in [-0.2, -0.15) is 0 Å². The SMILES string of the molecule is C=CN=C/C(=C\CC)c1cnc(N)c(C(=C)C(=O)c2cccc(C)c2)c1. The fourth-order valence-corrected chi connectivity index (χ4v) is 2.56. The van der Waals surface area contributed by atoms with Crippen LogP contribution in [0.2, 0.25) is 0 Å². The highest BCUT2D eigenvalue weighted by atomic mass is 16.1. The van der Waals surface area contributed by atoms with Crippen LogP contribution in [0.4, 0.5) is 5.82 Å². The number of pyridine rings is 1. The summed E-state index contributed by atoms with van der Waals surface area (Å²) >= 11 is 0. The third-order valence-electron chi connectivity index (χ3n) is 3.87. The number of nitrogens with zero attached hydrogens (tertiary/aromatic N) is 2. The Balaban J connectivity index is 2.44. The van der Waals surface area contributed by atoms with Crippen molar-refractivity contribution in [2.24, 2.45) is 4.99 Å². The molecule has 2 N–H and O–H groups in total. The molecule has 4 heteroatoms. The normalized spacial score (nSPS) is 11.5. The monoisotopic (exact) mass is 345 g/mol. The fourth-order valence-electron chi connectivity index (χ4n) is 2.56.